The molecule has 2 fully saturated rings. The second-order valence-electron chi connectivity index (χ2n) is 6.09. The monoisotopic (exact) mass is 304 g/mol. The van der Waals surface area contributed by atoms with Gasteiger partial charge in [-0.1, -0.05) is 43.3 Å². The third kappa shape index (κ3) is 2.46. The van der Waals surface area contributed by atoms with Gasteiger partial charge < -0.3 is 0 Å². The maximum atomic E-state index is 12.8. The van der Waals surface area contributed by atoms with Gasteiger partial charge in [0.15, 0.2) is 15.6 Å². The van der Waals surface area contributed by atoms with Gasteiger partial charge in [-0.3, -0.25) is 4.79 Å². The molecule has 3 rings (SSSR count). The van der Waals surface area contributed by atoms with E-state index in [1.54, 1.807) is 6.08 Å². The predicted molar refractivity (Wildman–Crippen MR) is 83.9 cm³/mol. The van der Waals surface area contributed by atoms with Gasteiger partial charge in [0.2, 0.25) is 0 Å². The van der Waals surface area contributed by atoms with Crippen LogP contribution in [0, 0.1) is 5.92 Å². The summed E-state index contributed by atoms with van der Waals surface area (Å²) in [6.45, 7) is 3.75. The maximum absolute atomic E-state index is 12.8. The lowest BCUT2D eigenvalue weighted by Crippen LogP contribution is -2.45. The number of benzene rings is 1. The minimum Gasteiger partial charge on any atom is -0.294 e. The maximum Gasteiger partial charge on any atom is 0.166 e. The van der Waals surface area contributed by atoms with Crippen molar-refractivity contribution in [1.82, 2.24) is 0 Å². The molecule has 0 radical (unpaired) electrons. The summed E-state index contributed by atoms with van der Waals surface area (Å²) in [5.74, 6) is -0.0813. The average Bonchev–Trinajstić information content (AvgIpc) is 2.45. The average molecular weight is 304 g/mol. The van der Waals surface area contributed by atoms with E-state index in [0.29, 0.717) is 31.2 Å². The molecule has 21 heavy (non-hydrogen) atoms. The van der Waals surface area contributed by atoms with Crippen LogP contribution in [0.15, 0.2) is 30.8 Å². The normalized spacial score (nSPS) is 30.6. The molecule has 2 saturated heterocycles. The van der Waals surface area contributed by atoms with Gasteiger partial charge in [0.25, 0.3) is 0 Å². The van der Waals surface area contributed by atoms with Gasteiger partial charge in [0.05, 0.1) is 10.5 Å². The summed E-state index contributed by atoms with van der Waals surface area (Å²) < 4.78 is 24.6. The number of hydrogen-bond donors (Lipinski definition) is 0. The molecule has 2 heterocycles. The summed E-state index contributed by atoms with van der Waals surface area (Å²) in [4.78, 5) is 12.8. The Hall–Kier alpha value is -1.42. The van der Waals surface area contributed by atoms with Gasteiger partial charge in [-0.25, -0.2) is 8.42 Å². The minimum absolute atomic E-state index is 0.0808. The first-order chi connectivity index (χ1) is 10.0. The van der Waals surface area contributed by atoms with Gasteiger partial charge in [-0.2, -0.15) is 0 Å². The zero-order chi connectivity index (χ0) is 15.0. The van der Waals surface area contributed by atoms with Gasteiger partial charge in [0.1, 0.15) is 0 Å². The minimum atomic E-state index is -3.00. The lowest BCUT2D eigenvalue weighted by molar-refractivity contribution is 0.0894. The van der Waals surface area contributed by atoms with Crippen molar-refractivity contribution in [2.24, 2.45) is 5.92 Å². The number of Topliss-reactive ketones (excluding diaryl/α,β-unsaturated/α-hetero) is 1. The highest BCUT2D eigenvalue weighted by Crippen LogP contribution is 2.40. The van der Waals surface area contributed by atoms with Crippen molar-refractivity contribution in [2.45, 2.75) is 42.6 Å². The summed E-state index contributed by atoms with van der Waals surface area (Å²) in [7, 11) is -3.00. The topological polar surface area (TPSA) is 51.2 Å². The van der Waals surface area contributed by atoms with Gasteiger partial charge in [0, 0.05) is 11.5 Å². The number of sulfone groups is 1. The molecule has 1 aromatic carbocycles. The zero-order valence-corrected chi connectivity index (χ0v) is 12.8. The Morgan fingerprint density at radius 3 is 2.38 bits per heavy atom. The van der Waals surface area contributed by atoms with Gasteiger partial charge >= 0.3 is 0 Å². The Morgan fingerprint density at radius 1 is 1.14 bits per heavy atom. The highest BCUT2D eigenvalue weighted by molar-refractivity contribution is 7.92. The molecule has 0 aromatic heterocycles. The molecule has 0 amide bonds. The molecule has 2 bridgehead atoms. The molecule has 2 aliphatic heterocycles. The van der Waals surface area contributed by atoms with Crippen LogP contribution in [0.1, 0.15) is 48.0 Å². The number of fused-ring (bicyclic) bond motifs is 2. The Morgan fingerprint density at radius 2 is 1.76 bits per heavy atom. The van der Waals surface area contributed by atoms with Crippen LogP contribution in [-0.4, -0.2) is 24.7 Å². The molecule has 4 heteroatoms. The van der Waals surface area contributed by atoms with Crippen LogP contribution >= 0.6 is 0 Å². The Kier molecular flexibility index (Phi) is 3.74. The largest absolute Gasteiger partial charge is 0.294 e. The first-order valence-corrected chi connectivity index (χ1v) is 9.13. The molecule has 2 unspecified atom stereocenters. The first-order valence-electron chi connectivity index (χ1n) is 7.52. The fourth-order valence-corrected chi connectivity index (χ4v) is 6.28. The van der Waals surface area contributed by atoms with Crippen LogP contribution in [0.2, 0.25) is 0 Å². The molecule has 0 aliphatic carbocycles. The molecule has 3 nitrogen and oxygen atoms in total. The van der Waals surface area contributed by atoms with Crippen LogP contribution in [0.25, 0.3) is 6.08 Å². The molecule has 0 saturated carbocycles. The Bertz CT molecular complexity index is 655. The van der Waals surface area contributed by atoms with Crippen molar-refractivity contribution in [3.63, 3.8) is 0 Å². The van der Waals surface area contributed by atoms with E-state index in [9.17, 15) is 13.2 Å². The van der Waals surface area contributed by atoms with Crippen LogP contribution in [0.3, 0.4) is 0 Å². The van der Waals surface area contributed by atoms with Crippen molar-refractivity contribution >= 4 is 21.7 Å². The van der Waals surface area contributed by atoms with Crippen LogP contribution < -0.4 is 0 Å². The lowest BCUT2D eigenvalue weighted by atomic mass is 9.83. The lowest BCUT2D eigenvalue weighted by Gasteiger charge is -2.38. The Balaban J connectivity index is 1.89. The Labute approximate surface area is 126 Å². The van der Waals surface area contributed by atoms with Crippen LogP contribution in [0.4, 0.5) is 0 Å². The summed E-state index contributed by atoms with van der Waals surface area (Å²) >= 11 is 0. The van der Waals surface area contributed by atoms with E-state index in [0.717, 1.165) is 12.0 Å². The molecule has 2 aliphatic rings. The zero-order valence-electron chi connectivity index (χ0n) is 12.0. The fraction of sp³-hybridized carbons (Fsp3) is 0.471. The van der Waals surface area contributed by atoms with E-state index in [1.165, 1.54) is 0 Å². The highest BCUT2D eigenvalue weighted by atomic mass is 32.2. The van der Waals surface area contributed by atoms with E-state index < -0.39 is 9.84 Å². The molecule has 0 N–H and O–H groups in total. The number of carbonyl (C=O) groups is 1. The number of ketones is 1. The molecule has 2 atom stereocenters. The second kappa shape index (κ2) is 5.41. The predicted octanol–water partition coefficient (Wildman–Crippen LogP) is 3.26. The van der Waals surface area contributed by atoms with Crippen molar-refractivity contribution in [1.29, 1.82) is 0 Å². The van der Waals surface area contributed by atoms with Crippen molar-refractivity contribution in [2.75, 3.05) is 0 Å². The fourth-order valence-electron chi connectivity index (χ4n) is 3.74. The van der Waals surface area contributed by atoms with E-state index in [-0.39, 0.29) is 22.2 Å². The van der Waals surface area contributed by atoms with E-state index in [2.05, 4.69) is 6.58 Å². The van der Waals surface area contributed by atoms with Gasteiger partial charge in [-0.15, -0.1) is 0 Å². The smallest absolute Gasteiger partial charge is 0.166 e. The third-order valence-electron chi connectivity index (χ3n) is 4.89. The first kappa shape index (κ1) is 14.5. The van der Waals surface area contributed by atoms with Crippen molar-refractivity contribution < 1.29 is 13.2 Å². The van der Waals surface area contributed by atoms with Crippen molar-refractivity contribution in [3.05, 3.63) is 42.0 Å². The third-order valence-corrected chi connectivity index (χ3v) is 7.61. The number of rotatable bonds is 3. The summed E-state index contributed by atoms with van der Waals surface area (Å²) in [5, 5.41) is -0.621. The van der Waals surface area contributed by atoms with Crippen LogP contribution in [-0.2, 0) is 9.84 Å². The quantitative estimate of drug-likeness (QED) is 0.805. The highest BCUT2D eigenvalue weighted by Gasteiger charge is 2.46. The standard InChI is InChI=1S/C17H20O3S/c1-2-12-6-3-4-9-16(12)17(18)13-10-14-7-5-8-15(11-13)21(14,19)20/h2-4,6,9,13-15H,1,5,7-8,10-11H2. The summed E-state index contributed by atoms with van der Waals surface area (Å²) in [6.07, 6.45) is 5.07. The molecule has 1 aromatic rings. The molecular formula is C17H20O3S. The summed E-state index contributed by atoms with van der Waals surface area (Å²) in [6, 6.07) is 7.42. The number of carbonyl (C=O) groups excluding carboxylic acids is 1. The summed E-state index contributed by atoms with van der Waals surface area (Å²) in [5.41, 5.74) is 1.51. The molecule has 112 valence electrons. The number of hydrogen-bond acceptors (Lipinski definition) is 3. The van der Waals surface area contributed by atoms with Crippen LogP contribution in [0.5, 0.6) is 0 Å². The molecular weight excluding hydrogens is 284 g/mol. The van der Waals surface area contributed by atoms with Gasteiger partial charge in [-0.05, 0) is 31.2 Å². The van der Waals surface area contributed by atoms with E-state index >= 15 is 0 Å². The van der Waals surface area contributed by atoms with E-state index in [1.807, 2.05) is 24.3 Å². The van der Waals surface area contributed by atoms with E-state index in [4.69, 9.17) is 0 Å². The second-order valence-corrected chi connectivity index (χ2v) is 8.60. The SMILES string of the molecule is C=Cc1ccccc1C(=O)C1CC2CCCC(C1)S2(=O)=O. The van der Waals surface area contributed by atoms with Crippen molar-refractivity contribution in [3.8, 4) is 0 Å². The molecule has 0 spiro atoms.